The number of benzene rings is 1. The van der Waals surface area contributed by atoms with Crippen molar-refractivity contribution in [2.75, 3.05) is 13.7 Å². The number of carbonyl (C=O) groups excluding carboxylic acids is 2. The summed E-state index contributed by atoms with van der Waals surface area (Å²) in [7, 11) is 1.22. The van der Waals surface area contributed by atoms with Gasteiger partial charge in [-0.1, -0.05) is 6.07 Å². The molecule has 2 rings (SSSR count). The summed E-state index contributed by atoms with van der Waals surface area (Å²) < 4.78 is 8.86. The fourth-order valence-corrected chi connectivity index (χ4v) is 1.82. The second kappa shape index (κ2) is 9.55. The molecule has 0 spiro atoms. The number of hydrogen-bond donors (Lipinski definition) is 2. The molecule has 4 N–H and O–H groups in total. The molecule has 1 amide bonds. The zero-order valence-electron chi connectivity index (χ0n) is 12.5. The van der Waals surface area contributed by atoms with Gasteiger partial charge in [0, 0.05) is 5.56 Å². The Labute approximate surface area is 124 Å². The lowest BCUT2D eigenvalue weighted by Crippen LogP contribution is -2.08. The maximum absolute atomic E-state index is 11.2. The Morgan fingerprint density at radius 3 is 2.48 bits per heavy atom. The highest BCUT2D eigenvalue weighted by Crippen LogP contribution is 2.25. The highest BCUT2D eigenvalue weighted by molar-refractivity contribution is 5.93. The minimum atomic E-state index is -0.745. The molecule has 21 heavy (non-hydrogen) atoms. The largest absolute Gasteiger partial charge is 0.457 e. The first-order valence-corrected chi connectivity index (χ1v) is 6.33. The first-order chi connectivity index (χ1) is 10.0. The van der Waals surface area contributed by atoms with Crippen molar-refractivity contribution < 1.29 is 19.1 Å². The third-order valence-corrected chi connectivity index (χ3v) is 2.89. The zero-order valence-corrected chi connectivity index (χ0v) is 12.5. The molecule has 1 heterocycles. The number of esters is 1. The minimum absolute atomic E-state index is 0.206. The van der Waals surface area contributed by atoms with Crippen LogP contribution in [-0.2, 0) is 22.5 Å². The molecule has 0 bridgehead atoms. The summed E-state index contributed by atoms with van der Waals surface area (Å²) in [6, 6.07) is 3.80. The summed E-state index contributed by atoms with van der Waals surface area (Å²) in [6.07, 6.45) is 0.109. The van der Waals surface area contributed by atoms with E-state index in [4.69, 9.17) is 10.5 Å². The van der Waals surface area contributed by atoms with Crippen LogP contribution >= 0.6 is 0 Å². The van der Waals surface area contributed by atoms with E-state index in [1.54, 1.807) is 0 Å². The van der Waals surface area contributed by atoms with Gasteiger partial charge in [-0.2, -0.15) is 0 Å². The van der Waals surface area contributed by atoms with Gasteiger partial charge in [0.05, 0.1) is 12.7 Å². The number of nitrogens with two attached hydrogens (primary N) is 2. The van der Waals surface area contributed by atoms with E-state index < -0.39 is 6.09 Å². The summed E-state index contributed by atoms with van der Waals surface area (Å²) in [5, 5.41) is 0. The molecule has 0 fully saturated rings. The molecular weight excluding hydrogens is 272 g/mol. The van der Waals surface area contributed by atoms with Gasteiger partial charge in [-0.15, -0.1) is 13.2 Å². The van der Waals surface area contributed by atoms with Crippen molar-refractivity contribution in [3.63, 3.8) is 0 Å². The number of cyclic esters (lactones) is 1. The third kappa shape index (κ3) is 5.27. The molecule has 1 aromatic rings. The first-order valence-electron chi connectivity index (χ1n) is 6.33. The third-order valence-electron chi connectivity index (χ3n) is 2.89. The summed E-state index contributed by atoms with van der Waals surface area (Å²) in [5.74, 6) is -0.206. The van der Waals surface area contributed by atoms with Crippen LogP contribution in [0.15, 0.2) is 25.3 Å². The molecule has 0 radical (unpaired) electrons. The fraction of sp³-hybridized carbons (Fsp3) is 0.333. The molecule has 0 aliphatic carbocycles. The molecule has 0 atom stereocenters. The Morgan fingerprint density at radius 2 is 2.00 bits per heavy atom. The molecule has 0 saturated heterocycles. The van der Waals surface area contributed by atoms with E-state index in [-0.39, 0.29) is 5.97 Å². The molecule has 0 saturated carbocycles. The normalized spacial score (nSPS) is 11.1. The van der Waals surface area contributed by atoms with Crippen LogP contribution in [0, 0.1) is 6.92 Å². The van der Waals surface area contributed by atoms with Gasteiger partial charge in [0.15, 0.2) is 0 Å². The summed E-state index contributed by atoms with van der Waals surface area (Å²) in [4.78, 5) is 20.6. The number of fused-ring (bicyclic) bond motifs is 1. The number of hydrogen-bond acceptors (Lipinski definition) is 5. The van der Waals surface area contributed by atoms with Crippen molar-refractivity contribution in [3.8, 4) is 0 Å². The van der Waals surface area contributed by atoms with Crippen molar-refractivity contribution in [2.24, 2.45) is 11.5 Å². The number of rotatable bonds is 2. The van der Waals surface area contributed by atoms with Gasteiger partial charge >= 0.3 is 12.1 Å². The molecule has 116 valence electrons. The highest BCUT2D eigenvalue weighted by Gasteiger charge is 2.23. The van der Waals surface area contributed by atoms with Gasteiger partial charge in [0.25, 0.3) is 0 Å². The molecule has 1 aromatic carbocycles. The quantitative estimate of drug-likeness (QED) is 0.638. The summed E-state index contributed by atoms with van der Waals surface area (Å²) in [5.41, 5.74) is 14.0. The van der Waals surface area contributed by atoms with Crippen molar-refractivity contribution in [2.45, 2.75) is 20.0 Å². The van der Waals surface area contributed by atoms with E-state index >= 15 is 0 Å². The number of amides is 1. The van der Waals surface area contributed by atoms with Crippen molar-refractivity contribution in [1.82, 2.24) is 0 Å². The van der Waals surface area contributed by atoms with Gasteiger partial charge in [-0.05, 0) is 37.1 Å². The van der Waals surface area contributed by atoms with Crippen molar-refractivity contribution >= 4 is 12.1 Å². The van der Waals surface area contributed by atoms with E-state index in [0.717, 1.165) is 17.5 Å². The summed E-state index contributed by atoms with van der Waals surface area (Å²) >= 11 is 0. The lowest BCUT2D eigenvalue weighted by molar-refractivity contribution is 0.0535. The number of primary amides is 1. The molecule has 6 nitrogen and oxygen atoms in total. The standard InChI is InChI=1S/C11H13NO2.C2H5NO2.C2H4/c1-7-8(4-5-12)2-3-9-10(7)6-14-11(9)13;1-5-2(3)4;1-2/h2-3H,4-6,12H2,1H3;1H3,(H2,3,4);1-2H2. The average molecular weight is 294 g/mol. The van der Waals surface area contributed by atoms with Gasteiger partial charge in [-0.25, -0.2) is 9.59 Å². The van der Waals surface area contributed by atoms with Crippen molar-refractivity contribution in [1.29, 1.82) is 0 Å². The molecule has 1 aliphatic heterocycles. The number of ether oxygens (including phenoxy) is 2. The number of carbonyl (C=O) groups is 2. The molecular formula is C15H22N2O4. The van der Waals surface area contributed by atoms with Crippen LogP contribution in [0.2, 0.25) is 0 Å². The van der Waals surface area contributed by atoms with Crippen LogP contribution in [-0.4, -0.2) is 25.7 Å². The monoisotopic (exact) mass is 294 g/mol. The van der Waals surface area contributed by atoms with Crippen LogP contribution in [0.5, 0.6) is 0 Å². The van der Waals surface area contributed by atoms with Crippen molar-refractivity contribution in [3.05, 3.63) is 47.5 Å². The van der Waals surface area contributed by atoms with Crippen LogP contribution in [0.25, 0.3) is 0 Å². The minimum Gasteiger partial charge on any atom is -0.457 e. The Morgan fingerprint density at radius 1 is 1.43 bits per heavy atom. The van der Waals surface area contributed by atoms with Crippen LogP contribution in [0.4, 0.5) is 4.79 Å². The van der Waals surface area contributed by atoms with E-state index in [1.807, 2.05) is 19.1 Å². The fourth-order valence-electron chi connectivity index (χ4n) is 1.82. The lowest BCUT2D eigenvalue weighted by Gasteiger charge is -2.07. The van der Waals surface area contributed by atoms with E-state index in [2.05, 4.69) is 23.6 Å². The van der Waals surface area contributed by atoms with Gasteiger partial charge < -0.3 is 20.9 Å². The molecule has 0 aromatic heterocycles. The Balaban J connectivity index is 0.000000489. The Kier molecular flexibility index (Phi) is 8.48. The zero-order chi connectivity index (χ0) is 16.4. The first kappa shape index (κ1) is 18.7. The molecule has 6 heteroatoms. The van der Waals surface area contributed by atoms with E-state index in [1.165, 1.54) is 12.7 Å². The number of methoxy groups -OCH3 is 1. The maximum atomic E-state index is 11.2. The smallest absolute Gasteiger partial charge is 0.404 e. The van der Waals surface area contributed by atoms with Gasteiger partial charge in [0.2, 0.25) is 0 Å². The highest BCUT2D eigenvalue weighted by atomic mass is 16.5. The predicted molar refractivity (Wildman–Crippen MR) is 80.9 cm³/mol. The second-order valence-corrected chi connectivity index (χ2v) is 4.01. The molecule has 1 aliphatic rings. The van der Waals surface area contributed by atoms with Gasteiger partial charge in [0.1, 0.15) is 6.61 Å². The van der Waals surface area contributed by atoms with Gasteiger partial charge in [-0.3, -0.25) is 0 Å². The molecule has 0 unspecified atom stereocenters. The SMILES string of the molecule is C=C.COC(N)=O.Cc1c(CCN)ccc2c1COC2=O. The van der Waals surface area contributed by atoms with Crippen LogP contribution in [0.3, 0.4) is 0 Å². The summed E-state index contributed by atoms with van der Waals surface area (Å²) in [6.45, 7) is 9.07. The Hall–Kier alpha value is -2.34. The topological polar surface area (TPSA) is 105 Å². The second-order valence-electron chi connectivity index (χ2n) is 4.01. The van der Waals surface area contributed by atoms with Crippen LogP contribution in [0.1, 0.15) is 27.0 Å². The van der Waals surface area contributed by atoms with E-state index in [9.17, 15) is 9.59 Å². The average Bonchev–Trinajstić information content (AvgIpc) is 2.87. The van der Waals surface area contributed by atoms with Crippen LogP contribution < -0.4 is 11.5 Å². The van der Waals surface area contributed by atoms with E-state index in [0.29, 0.717) is 18.7 Å². The lowest BCUT2D eigenvalue weighted by atomic mass is 9.97. The predicted octanol–water partition coefficient (Wildman–Crippen LogP) is 1.68. The maximum Gasteiger partial charge on any atom is 0.404 e. The Bertz CT molecular complexity index is 501.